The number of carbonyl (C=O) groups excluding carboxylic acids is 1. The number of rotatable bonds is 4. The second-order valence-electron chi connectivity index (χ2n) is 4.22. The predicted octanol–water partition coefficient (Wildman–Crippen LogP) is 3.31. The first kappa shape index (κ1) is 14.4. The van der Waals surface area contributed by atoms with Crippen LogP contribution >= 0.6 is 11.6 Å². The van der Waals surface area contributed by atoms with Gasteiger partial charge in [-0.25, -0.2) is 4.79 Å². The van der Waals surface area contributed by atoms with Crippen LogP contribution < -0.4 is 4.74 Å². The second kappa shape index (κ2) is 5.96. The number of esters is 1. The quantitative estimate of drug-likeness (QED) is 0.810. The number of carbonyl (C=O) groups is 1. The average molecular weight is 296 g/mol. The van der Waals surface area contributed by atoms with Gasteiger partial charge in [0.2, 0.25) is 0 Å². The maximum absolute atomic E-state index is 11.7. The summed E-state index contributed by atoms with van der Waals surface area (Å²) in [6, 6.07) is 4.75. The highest BCUT2D eigenvalue weighted by Crippen LogP contribution is 2.26. The van der Waals surface area contributed by atoms with Crippen LogP contribution in [0.1, 0.15) is 27.4 Å². The number of aryl methyl sites for hydroxylation is 2. The van der Waals surface area contributed by atoms with Crippen LogP contribution in [0.4, 0.5) is 0 Å². The first-order chi connectivity index (χ1) is 9.52. The Balaban J connectivity index is 2.24. The number of methoxy groups -OCH3 is 1. The van der Waals surface area contributed by atoms with Gasteiger partial charge in [-0.3, -0.25) is 0 Å². The van der Waals surface area contributed by atoms with E-state index in [2.05, 4.69) is 5.16 Å². The molecule has 0 aliphatic rings. The summed E-state index contributed by atoms with van der Waals surface area (Å²) < 4.78 is 15.4. The van der Waals surface area contributed by atoms with E-state index < -0.39 is 5.97 Å². The summed E-state index contributed by atoms with van der Waals surface area (Å²) in [6.07, 6.45) is 0. The van der Waals surface area contributed by atoms with E-state index in [1.165, 1.54) is 7.11 Å². The van der Waals surface area contributed by atoms with Crippen molar-refractivity contribution in [3.8, 4) is 5.75 Å². The molecular weight excluding hydrogens is 282 g/mol. The SMILES string of the molecule is COC(=O)c1ccc(Cl)cc1OCc1c(C)noc1C. The topological polar surface area (TPSA) is 61.6 Å². The number of benzene rings is 1. The first-order valence-electron chi connectivity index (χ1n) is 5.95. The van der Waals surface area contributed by atoms with Crippen molar-refractivity contribution in [1.29, 1.82) is 0 Å². The Hall–Kier alpha value is -2.01. The third kappa shape index (κ3) is 2.93. The molecule has 0 N–H and O–H groups in total. The minimum Gasteiger partial charge on any atom is -0.488 e. The van der Waals surface area contributed by atoms with Crippen molar-refractivity contribution in [3.63, 3.8) is 0 Å². The Bertz CT molecular complexity index is 617. The number of hydrogen-bond donors (Lipinski definition) is 0. The smallest absolute Gasteiger partial charge is 0.341 e. The number of nitrogens with zero attached hydrogens (tertiary/aromatic N) is 1. The van der Waals surface area contributed by atoms with Gasteiger partial charge in [-0.15, -0.1) is 0 Å². The average Bonchev–Trinajstić information content (AvgIpc) is 2.75. The normalized spacial score (nSPS) is 10.4. The number of aromatic nitrogens is 1. The fourth-order valence-corrected chi connectivity index (χ4v) is 1.91. The zero-order chi connectivity index (χ0) is 14.7. The monoisotopic (exact) mass is 295 g/mol. The molecule has 1 aromatic heterocycles. The summed E-state index contributed by atoms with van der Waals surface area (Å²) >= 11 is 5.92. The summed E-state index contributed by atoms with van der Waals surface area (Å²) in [5.41, 5.74) is 1.92. The third-order valence-electron chi connectivity index (χ3n) is 2.90. The Morgan fingerprint density at radius 3 is 2.75 bits per heavy atom. The molecule has 0 saturated carbocycles. The molecule has 0 fully saturated rings. The molecule has 1 aromatic carbocycles. The van der Waals surface area contributed by atoms with Crippen LogP contribution in [0.2, 0.25) is 5.02 Å². The lowest BCUT2D eigenvalue weighted by Gasteiger charge is -2.10. The molecule has 20 heavy (non-hydrogen) atoms. The summed E-state index contributed by atoms with van der Waals surface area (Å²) in [6.45, 7) is 3.87. The molecule has 6 heteroatoms. The maximum atomic E-state index is 11.7. The van der Waals surface area contributed by atoms with E-state index in [4.69, 9.17) is 25.6 Å². The molecule has 0 saturated heterocycles. The third-order valence-corrected chi connectivity index (χ3v) is 3.14. The molecular formula is C14H14ClNO4. The fourth-order valence-electron chi connectivity index (χ4n) is 1.75. The highest BCUT2D eigenvalue weighted by Gasteiger charge is 2.15. The lowest BCUT2D eigenvalue weighted by atomic mass is 10.2. The van der Waals surface area contributed by atoms with E-state index in [9.17, 15) is 4.79 Å². The van der Waals surface area contributed by atoms with Crippen LogP contribution in [0, 0.1) is 13.8 Å². The van der Waals surface area contributed by atoms with Gasteiger partial charge in [0.05, 0.1) is 18.4 Å². The predicted molar refractivity (Wildman–Crippen MR) is 73.1 cm³/mol. The molecule has 0 aliphatic heterocycles. The van der Waals surface area contributed by atoms with Crippen molar-refractivity contribution in [1.82, 2.24) is 5.16 Å². The first-order valence-corrected chi connectivity index (χ1v) is 6.33. The van der Waals surface area contributed by atoms with Gasteiger partial charge in [0, 0.05) is 5.02 Å². The van der Waals surface area contributed by atoms with Crippen molar-refractivity contribution in [3.05, 3.63) is 45.8 Å². The molecule has 0 amide bonds. The van der Waals surface area contributed by atoms with Gasteiger partial charge in [0.1, 0.15) is 23.7 Å². The minimum absolute atomic E-state index is 0.242. The molecule has 5 nitrogen and oxygen atoms in total. The highest BCUT2D eigenvalue weighted by atomic mass is 35.5. The number of hydrogen-bond acceptors (Lipinski definition) is 5. The standard InChI is InChI=1S/C14H14ClNO4/c1-8-12(9(2)20-16-8)7-19-13-6-10(15)4-5-11(13)14(17)18-3/h4-6H,7H2,1-3H3. The Morgan fingerprint density at radius 1 is 1.40 bits per heavy atom. The van der Waals surface area contributed by atoms with E-state index in [1.54, 1.807) is 25.1 Å². The zero-order valence-corrected chi connectivity index (χ0v) is 12.2. The van der Waals surface area contributed by atoms with Gasteiger partial charge in [0.25, 0.3) is 0 Å². The van der Waals surface area contributed by atoms with Crippen molar-refractivity contribution >= 4 is 17.6 Å². The summed E-state index contributed by atoms with van der Waals surface area (Å²) in [5, 5.41) is 4.33. The van der Waals surface area contributed by atoms with Gasteiger partial charge in [-0.1, -0.05) is 16.8 Å². The van der Waals surface area contributed by atoms with Gasteiger partial charge < -0.3 is 14.0 Å². The van der Waals surface area contributed by atoms with Crippen LogP contribution in [0.25, 0.3) is 0 Å². The van der Waals surface area contributed by atoms with Crippen molar-refractivity contribution in [2.75, 3.05) is 7.11 Å². The summed E-state index contributed by atoms with van der Waals surface area (Å²) in [7, 11) is 1.31. The summed E-state index contributed by atoms with van der Waals surface area (Å²) in [4.78, 5) is 11.7. The van der Waals surface area contributed by atoms with Crippen LogP contribution in [0.5, 0.6) is 5.75 Å². The van der Waals surface area contributed by atoms with Crippen molar-refractivity contribution in [2.24, 2.45) is 0 Å². The lowest BCUT2D eigenvalue weighted by molar-refractivity contribution is 0.0595. The summed E-state index contributed by atoms with van der Waals surface area (Å²) in [5.74, 6) is 0.573. The van der Waals surface area contributed by atoms with Crippen LogP contribution in [-0.4, -0.2) is 18.2 Å². The Kier molecular flexibility index (Phi) is 4.29. The maximum Gasteiger partial charge on any atom is 0.341 e. The van der Waals surface area contributed by atoms with Crippen molar-refractivity contribution < 1.29 is 18.8 Å². The molecule has 0 radical (unpaired) electrons. The van der Waals surface area contributed by atoms with E-state index >= 15 is 0 Å². The molecule has 2 aromatic rings. The molecule has 0 unspecified atom stereocenters. The van der Waals surface area contributed by atoms with Gasteiger partial charge in [-0.2, -0.15) is 0 Å². The van der Waals surface area contributed by atoms with Crippen LogP contribution in [-0.2, 0) is 11.3 Å². The Labute approximate surface area is 121 Å². The number of ether oxygens (including phenoxy) is 2. The van der Waals surface area contributed by atoms with Gasteiger partial charge in [-0.05, 0) is 32.0 Å². The van der Waals surface area contributed by atoms with Gasteiger partial charge in [0.15, 0.2) is 0 Å². The van der Waals surface area contributed by atoms with E-state index in [1.807, 2.05) is 6.92 Å². The molecule has 0 spiro atoms. The molecule has 0 bridgehead atoms. The Morgan fingerprint density at radius 2 is 2.15 bits per heavy atom. The van der Waals surface area contributed by atoms with E-state index in [0.29, 0.717) is 22.1 Å². The van der Waals surface area contributed by atoms with Crippen LogP contribution in [0.15, 0.2) is 22.7 Å². The molecule has 0 aliphatic carbocycles. The lowest BCUT2D eigenvalue weighted by Crippen LogP contribution is -2.06. The van der Waals surface area contributed by atoms with Crippen molar-refractivity contribution in [2.45, 2.75) is 20.5 Å². The van der Waals surface area contributed by atoms with Gasteiger partial charge >= 0.3 is 5.97 Å². The van der Waals surface area contributed by atoms with E-state index in [0.717, 1.165) is 11.3 Å². The zero-order valence-electron chi connectivity index (χ0n) is 11.4. The highest BCUT2D eigenvalue weighted by molar-refractivity contribution is 6.30. The minimum atomic E-state index is -0.476. The van der Waals surface area contributed by atoms with E-state index in [-0.39, 0.29) is 6.61 Å². The number of halogens is 1. The second-order valence-corrected chi connectivity index (χ2v) is 4.66. The largest absolute Gasteiger partial charge is 0.488 e. The molecule has 106 valence electrons. The fraction of sp³-hybridized carbons (Fsp3) is 0.286. The molecule has 2 rings (SSSR count). The molecule has 0 atom stereocenters. The molecule has 1 heterocycles. The van der Waals surface area contributed by atoms with Crippen LogP contribution in [0.3, 0.4) is 0 Å².